The molecule has 2 aromatic heterocycles. The van der Waals surface area contributed by atoms with Crippen molar-refractivity contribution in [2.45, 2.75) is 26.3 Å². The predicted molar refractivity (Wildman–Crippen MR) is 87.4 cm³/mol. The fraction of sp³-hybridized carbons (Fsp3) is 0.286. The molecule has 7 heteroatoms. The van der Waals surface area contributed by atoms with Crippen molar-refractivity contribution in [3.8, 4) is 0 Å². The first-order valence-electron chi connectivity index (χ1n) is 6.55. The van der Waals surface area contributed by atoms with Crippen molar-refractivity contribution in [2.75, 3.05) is 0 Å². The van der Waals surface area contributed by atoms with Gasteiger partial charge in [-0.3, -0.25) is 0 Å². The smallest absolute Gasteiger partial charge is 0.178 e. The summed E-state index contributed by atoms with van der Waals surface area (Å²) < 4.78 is 16.0. The Kier molecular flexibility index (Phi) is 3.86. The molecule has 0 radical (unpaired) electrons. The van der Waals surface area contributed by atoms with Crippen LogP contribution in [0.4, 0.5) is 4.39 Å². The van der Waals surface area contributed by atoms with E-state index in [1.807, 2.05) is 17.7 Å². The van der Waals surface area contributed by atoms with E-state index in [1.54, 1.807) is 17.4 Å². The maximum absolute atomic E-state index is 13.6. The highest BCUT2D eigenvalue weighted by molar-refractivity contribution is 7.71. The zero-order valence-corrected chi connectivity index (χ0v) is 13.9. The molecule has 21 heavy (non-hydrogen) atoms. The van der Waals surface area contributed by atoms with E-state index in [9.17, 15) is 4.39 Å². The molecular weight excluding hydrogens is 329 g/mol. The molecular formula is C14H13ClFN3S2. The standard InChI is InChI=1S/C14H13ClFN3S2/c1-3-8-6-17-13(21-8)7(2)19-12-4-9(15)10(16)5-11(12)18-14(19)20/h4-7H,3H2,1-2H3,(H,18,20). The van der Waals surface area contributed by atoms with Crippen molar-refractivity contribution in [2.24, 2.45) is 0 Å². The Labute approximate surface area is 135 Å². The van der Waals surface area contributed by atoms with Gasteiger partial charge in [-0.15, -0.1) is 11.3 Å². The number of nitrogens with one attached hydrogen (secondary N) is 1. The van der Waals surface area contributed by atoms with Gasteiger partial charge in [0.15, 0.2) is 4.77 Å². The molecule has 0 saturated heterocycles. The van der Waals surface area contributed by atoms with Crippen LogP contribution >= 0.6 is 35.2 Å². The van der Waals surface area contributed by atoms with E-state index in [-0.39, 0.29) is 11.1 Å². The summed E-state index contributed by atoms with van der Waals surface area (Å²) in [5.41, 5.74) is 1.42. The fourth-order valence-corrected chi connectivity index (χ4v) is 3.72. The van der Waals surface area contributed by atoms with E-state index in [1.165, 1.54) is 10.9 Å². The van der Waals surface area contributed by atoms with E-state index in [4.69, 9.17) is 23.8 Å². The molecule has 0 amide bonds. The zero-order valence-electron chi connectivity index (χ0n) is 11.5. The van der Waals surface area contributed by atoms with Crippen LogP contribution in [-0.2, 0) is 6.42 Å². The second kappa shape index (κ2) is 5.51. The Bertz CT molecular complexity index is 865. The van der Waals surface area contributed by atoms with Gasteiger partial charge in [-0.1, -0.05) is 18.5 Å². The first-order chi connectivity index (χ1) is 10.0. The van der Waals surface area contributed by atoms with Gasteiger partial charge in [-0.25, -0.2) is 9.37 Å². The van der Waals surface area contributed by atoms with Crippen LogP contribution in [0.15, 0.2) is 18.3 Å². The molecule has 1 N–H and O–H groups in total. The topological polar surface area (TPSA) is 33.6 Å². The summed E-state index contributed by atoms with van der Waals surface area (Å²) >= 11 is 12.9. The fourth-order valence-electron chi connectivity index (χ4n) is 2.29. The normalized spacial score (nSPS) is 13.0. The predicted octanol–water partition coefficient (Wildman–Crippen LogP) is 5.12. The molecule has 0 spiro atoms. The molecule has 110 valence electrons. The average molecular weight is 342 g/mol. The SMILES string of the molecule is CCc1cnc(C(C)n2c(=S)[nH]c3cc(F)c(Cl)cc32)s1. The number of aryl methyl sites for hydroxylation is 1. The van der Waals surface area contributed by atoms with Crippen LogP contribution in [0.25, 0.3) is 11.0 Å². The number of aromatic nitrogens is 3. The molecule has 1 unspecified atom stereocenters. The number of nitrogens with zero attached hydrogens (tertiary/aromatic N) is 2. The number of thiazole rings is 1. The van der Waals surface area contributed by atoms with Crippen LogP contribution < -0.4 is 0 Å². The van der Waals surface area contributed by atoms with Gasteiger partial charge in [0.2, 0.25) is 0 Å². The number of hydrogen-bond acceptors (Lipinski definition) is 3. The number of imidazole rings is 1. The second-order valence-corrected chi connectivity index (χ2v) is 6.72. The van der Waals surface area contributed by atoms with Crippen molar-refractivity contribution < 1.29 is 4.39 Å². The Morgan fingerprint density at radius 1 is 1.52 bits per heavy atom. The monoisotopic (exact) mass is 341 g/mol. The number of benzene rings is 1. The minimum atomic E-state index is -0.456. The Hall–Kier alpha value is -1.24. The summed E-state index contributed by atoms with van der Waals surface area (Å²) in [4.78, 5) is 8.71. The lowest BCUT2D eigenvalue weighted by molar-refractivity contribution is 0.628. The maximum atomic E-state index is 13.6. The minimum absolute atomic E-state index is 0.0296. The quantitative estimate of drug-likeness (QED) is 0.671. The van der Waals surface area contributed by atoms with Crippen LogP contribution in [0.1, 0.15) is 29.8 Å². The Morgan fingerprint density at radius 3 is 2.95 bits per heavy atom. The lowest BCUT2D eigenvalue weighted by Gasteiger charge is -2.12. The summed E-state index contributed by atoms with van der Waals surface area (Å²) in [6.07, 6.45) is 2.85. The maximum Gasteiger partial charge on any atom is 0.178 e. The average Bonchev–Trinajstić information content (AvgIpc) is 3.03. The third-order valence-corrected chi connectivity index (χ3v) is 5.32. The molecule has 1 atom stereocenters. The number of halogens is 2. The van der Waals surface area contributed by atoms with Gasteiger partial charge in [-0.05, 0) is 31.6 Å². The van der Waals surface area contributed by atoms with Crippen LogP contribution in [0, 0.1) is 10.6 Å². The van der Waals surface area contributed by atoms with Crippen molar-refractivity contribution in [3.05, 3.63) is 43.8 Å². The van der Waals surface area contributed by atoms with Crippen LogP contribution in [0.3, 0.4) is 0 Å². The van der Waals surface area contributed by atoms with Gasteiger partial charge in [0.05, 0.1) is 22.1 Å². The van der Waals surface area contributed by atoms with Gasteiger partial charge in [0.1, 0.15) is 10.8 Å². The van der Waals surface area contributed by atoms with Crippen LogP contribution in [0.2, 0.25) is 5.02 Å². The Morgan fingerprint density at radius 2 is 2.29 bits per heavy atom. The molecule has 2 heterocycles. The van der Waals surface area contributed by atoms with E-state index < -0.39 is 5.82 Å². The number of hydrogen-bond donors (Lipinski definition) is 1. The number of rotatable bonds is 3. The lowest BCUT2D eigenvalue weighted by Crippen LogP contribution is -2.06. The number of H-pyrrole nitrogens is 1. The summed E-state index contributed by atoms with van der Waals surface area (Å²) in [6, 6.07) is 2.94. The van der Waals surface area contributed by atoms with Crippen molar-refractivity contribution >= 4 is 46.2 Å². The van der Waals surface area contributed by atoms with Gasteiger partial charge < -0.3 is 9.55 Å². The summed E-state index contributed by atoms with van der Waals surface area (Å²) in [7, 11) is 0. The summed E-state index contributed by atoms with van der Waals surface area (Å²) in [5.74, 6) is -0.456. The van der Waals surface area contributed by atoms with Gasteiger partial charge in [0, 0.05) is 17.1 Å². The largest absolute Gasteiger partial charge is 0.330 e. The molecule has 0 aliphatic heterocycles. The Balaban J connectivity index is 2.17. The highest BCUT2D eigenvalue weighted by atomic mass is 35.5. The van der Waals surface area contributed by atoms with E-state index in [0.29, 0.717) is 10.3 Å². The lowest BCUT2D eigenvalue weighted by atomic mass is 10.2. The molecule has 3 nitrogen and oxygen atoms in total. The van der Waals surface area contributed by atoms with Crippen LogP contribution in [0.5, 0.6) is 0 Å². The molecule has 0 aliphatic rings. The van der Waals surface area contributed by atoms with Crippen molar-refractivity contribution in [1.29, 1.82) is 0 Å². The van der Waals surface area contributed by atoms with Crippen molar-refractivity contribution in [1.82, 2.24) is 14.5 Å². The summed E-state index contributed by atoms with van der Waals surface area (Å²) in [6.45, 7) is 4.13. The molecule has 3 aromatic rings. The molecule has 3 rings (SSSR count). The van der Waals surface area contributed by atoms with Gasteiger partial charge in [-0.2, -0.15) is 0 Å². The third kappa shape index (κ3) is 2.52. The second-order valence-electron chi connectivity index (χ2n) is 4.78. The van der Waals surface area contributed by atoms with E-state index in [0.717, 1.165) is 16.9 Å². The molecule has 1 aromatic carbocycles. The van der Waals surface area contributed by atoms with E-state index in [2.05, 4.69) is 16.9 Å². The highest BCUT2D eigenvalue weighted by Gasteiger charge is 2.17. The minimum Gasteiger partial charge on any atom is -0.330 e. The number of aromatic amines is 1. The molecule has 0 saturated carbocycles. The third-order valence-electron chi connectivity index (χ3n) is 3.42. The zero-order chi connectivity index (χ0) is 15.1. The molecule has 0 bridgehead atoms. The first kappa shape index (κ1) is 14.7. The molecule has 0 fully saturated rings. The number of fused-ring (bicyclic) bond motifs is 1. The highest BCUT2D eigenvalue weighted by Crippen LogP contribution is 2.30. The van der Waals surface area contributed by atoms with Crippen molar-refractivity contribution in [3.63, 3.8) is 0 Å². The molecule has 0 aliphatic carbocycles. The van der Waals surface area contributed by atoms with Crippen LogP contribution in [-0.4, -0.2) is 14.5 Å². The van der Waals surface area contributed by atoms with E-state index >= 15 is 0 Å². The summed E-state index contributed by atoms with van der Waals surface area (Å²) in [5, 5.41) is 1.06. The van der Waals surface area contributed by atoms with Gasteiger partial charge in [0.25, 0.3) is 0 Å². The van der Waals surface area contributed by atoms with Gasteiger partial charge >= 0.3 is 0 Å². The first-order valence-corrected chi connectivity index (χ1v) is 8.15.